The fourth-order valence-corrected chi connectivity index (χ4v) is 5.79. The molecule has 0 aliphatic heterocycles. The summed E-state index contributed by atoms with van der Waals surface area (Å²) in [6.45, 7) is 1.87. The summed E-state index contributed by atoms with van der Waals surface area (Å²) in [6.07, 6.45) is 0. The summed E-state index contributed by atoms with van der Waals surface area (Å²) in [5.74, 6) is -1.84. The Balaban J connectivity index is 1.77. The lowest BCUT2D eigenvalue weighted by atomic mass is 9.86. The summed E-state index contributed by atoms with van der Waals surface area (Å²) >= 11 is 0. The number of carbonyl (C=O) groups excluding carboxylic acids is 1. The number of hydrogen-bond donors (Lipinski definition) is 2. The lowest BCUT2D eigenvalue weighted by Gasteiger charge is -2.20. The van der Waals surface area contributed by atoms with Crippen molar-refractivity contribution in [3.8, 4) is 0 Å². The van der Waals surface area contributed by atoms with Gasteiger partial charge in [-0.1, -0.05) is 54.1 Å². The van der Waals surface area contributed by atoms with E-state index in [9.17, 15) is 13.2 Å². The van der Waals surface area contributed by atoms with Gasteiger partial charge in [-0.2, -0.15) is 0 Å². The molecule has 0 unspecified atom stereocenters. The minimum absolute atomic E-state index is 0.0723. The first-order valence-corrected chi connectivity index (χ1v) is 14.0. The van der Waals surface area contributed by atoms with Crippen LogP contribution in [0.2, 0.25) is 0 Å². The normalized spacial score (nSPS) is 12.2. The Morgan fingerprint density at radius 2 is 1.65 bits per heavy atom. The summed E-state index contributed by atoms with van der Waals surface area (Å²) in [5, 5.41) is 3.47. The molecule has 0 fully saturated rings. The third kappa shape index (κ3) is 5.03. The highest BCUT2D eigenvalue weighted by Crippen LogP contribution is 2.44. The number of ether oxygens (including phenoxy) is 1. The van der Waals surface area contributed by atoms with Gasteiger partial charge in [0.15, 0.2) is 0 Å². The van der Waals surface area contributed by atoms with Crippen LogP contribution in [0.15, 0.2) is 100 Å². The Morgan fingerprint density at radius 3 is 2.35 bits per heavy atom. The number of para-hydroxylation sites is 1. The maximum absolute atomic E-state index is 15.4. The van der Waals surface area contributed by atoms with Crippen molar-refractivity contribution in [2.45, 2.75) is 17.7 Å². The molecule has 2 N–H and O–H groups in total. The summed E-state index contributed by atoms with van der Waals surface area (Å²) < 4.78 is 56.5. The van der Waals surface area contributed by atoms with Crippen molar-refractivity contribution in [3.05, 3.63) is 125 Å². The van der Waals surface area contributed by atoms with Crippen LogP contribution < -0.4 is 10.0 Å². The molecule has 0 spiro atoms. The summed E-state index contributed by atoms with van der Waals surface area (Å²) in [4.78, 5) is 12.7. The maximum atomic E-state index is 15.4. The van der Waals surface area contributed by atoms with E-state index in [-0.39, 0.29) is 27.5 Å². The molecule has 0 bridgehead atoms. The third-order valence-electron chi connectivity index (χ3n) is 6.72. The minimum atomic E-state index is -4.05. The third-order valence-corrected chi connectivity index (χ3v) is 8.09. The zero-order valence-electron chi connectivity index (χ0n) is 22.1. The summed E-state index contributed by atoms with van der Waals surface area (Å²) in [7, 11) is -1.09. The number of benzene rings is 4. The van der Waals surface area contributed by atoms with Crippen LogP contribution in [-0.2, 0) is 14.8 Å². The molecule has 1 heterocycles. The van der Waals surface area contributed by atoms with Crippen molar-refractivity contribution in [1.29, 1.82) is 0 Å². The molecule has 0 radical (unpaired) electrons. The Bertz CT molecular complexity index is 1810. The number of halogens is 1. The van der Waals surface area contributed by atoms with E-state index in [0.29, 0.717) is 22.2 Å². The fourth-order valence-electron chi connectivity index (χ4n) is 4.70. The number of carbonyl (C=O) groups is 1. The zero-order valence-corrected chi connectivity index (χ0v) is 22.9. The SMILES string of the molecule is CNc1ccc([C@@H](c2ccccc2F)c2oc3ccccc3c2NS(=O)(=O)c2ccc(C)cc2)cc1C(=O)OC. The molecular weight excluding hydrogens is 531 g/mol. The number of esters is 1. The number of furan rings is 1. The molecular formula is C31H27FN2O5S. The highest BCUT2D eigenvalue weighted by molar-refractivity contribution is 7.92. The Labute approximate surface area is 231 Å². The van der Waals surface area contributed by atoms with Crippen LogP contribution in [0, 0.1) is 12.7 Å². The first kappa shape index (κ1) is 27.0. The highest BCUT2D eigenvalue weighted by Gasteiger charge is 2.31. The van der Waals surface area contributed by atoms with Crippen molar-refractivity contribution < 1.29 is 26.8 Å². The topological polar surface area (TPSA) is 97.6 Å². The Morgan fingerprint density at radius 1 is 0.950 bits per heavy atom. The number of hydrogen-bond acceptors (Lipinski definition) is 6. The van der Waals surface area contributed by atoms with Gasteiger partial charge < -0.3 is 14.5 Å². The van der Waals surface area contributed by atoms with Crippen molar-refractivity contribution in [2.75, 3.05) is 24.2 Å². The molecule has 7 nitrogen and oxygen atoms in total. The first-order valence-electron chi connectivity index (χ1n) is 12.5. The molecule has 40 heavy (non-hydrogen) atoms. The maximum Gasteiger partial charge on any atom is 0.339 e. The van der Waals surface area contributed by atoms with E-state index in [1.165, 1.54) is 25.3 Å². The van der Waals surface area contributed by atoms with Gasteiger partial charge >= 0.3 is 5.97 Å². The standard InChI is InChI=1S/C31H27FN2O5S/c1-19-12-15-21(16-13-19)40(36,37)34-29-23-9-5-7-11-27(23)39-30(29)28(22-8-4-6-10-25(22)32)20-14-17-26(33-2)24(18-20)31(35)38-3/h4-18,28,33-34H,1-3H3/t28-/m0/s1. The van der Waals surface area contributed by atoms with Crippen LogP contribution >= 0.6 is 0 Å². The van der Waals surface area contributed by atoms with E-state index in [0.717, 1.165) is 5.56 Å². The summed E-state index contributed by atoms with van der Waals surface area (Å²) in [6, 6.07) is 24.7. The molecule has 204 valence electrons. The second-order valence-electron chi connectivity index (χ2n) is 9.26. The second kappa shape index (κ2) is 10.9. The van der Waals surface area contributed by atoms with Gasteiger partial charge in [0.1, 0.15) is 17.2 Å². The number of nitrogens with one attached hydrogen (secondary N) is 2. The van der Waals surface area contributed by atoms with Crippen LogP contribution in [0.4, 0.5) is 15.8 Å². The van der Waals surface area contributed by atoms with Crippen molar-refractivity contribution in [1.82, 2.24) is 0 Å². The van der Waals surface area contributed by atoms with Crippen molar-refractivity contribution >= 4 is 38.3 Å². The molecule has 4 aromatic carbocycles. The molecule has 0 saturated heterocycles. The predicted molar refractivity (Wildman–Crippen MR) is 153 cm³/mol. The van der Waals surface area contributed by atoms with Gasteiger partial charge in [0, 0.05) is 23.7 Å². The molecule has 0 aliphatic carbocycles. The second-order valence-corrected chi connectivity index (χ2v) is 10.9. The number of methoxy groups -OCH3 is 1. The van der Waals surface area contributed by atoms with Gasteiger partial charge in [-0.25, -0.2) is 17.6 Å². The minimum Gasteiger partial charge on any atom is -0.465 e. The van der Waals surface area contributed by atoms with Crippen LogP contribution in [0.1, 0.15) is 38.7 Å². The molecule has 9 heteroatoms. The largest absolute Gasteiger partial charge is 0.465 e. The van der Waals surface area contributed by atoms with E-state index in [1.807, 2.05) is 6.92 Å². The monoisotopic (exact) mass is 558 g/mol. The number of anilines is 2. The Kier molecular flexibility index (Phi) is 7.32. The number of sulfonamides is 1. The van der Waals surface area contributed by atoms with Gasteiger partial charge in [0.25, 0.3) is 10.0 Å². The molecule has 1 atom stereocenters. The van der Waals surface area contributed by atoms with E-state index in [4.69, 9.17) is 9.15 Å². The number of aryl methyl sites for hydroxylation is 1. The number of fused-ring (bicyclic) bond motifs is 1. The highest BCUT2D eigenvalue weighted by atomic mass is 32.2. The lowest BCUT2D eigenvalue weighted by molar-refractivity contribution is 0.0601. The quantitative estimate of drug-likeness (QED) is 0.206. The van der Waals surface area contributed by atoms with Crippen LogP contribution in [0.25, 0.3) is 11.0 Å². The average Bonchev–Trinajstić information content (AvgIpc) is 3.31. The van der Waals surface area contributed by atoms with Crippen molar-refractivity contribution in [2.24, 2.45) is 0 Å². The number of rotatable bonds is 8. The first-order chi connectivity index (χ1) is 19.2. The molecule has 0 saturated carbocycles. The fraction of sp³-hybridized carbons (Fsp3) is 0.129. The van der Waals surface area contributed by atoms with E-state index < -0.39 is 27.7 Å². The van der Waals surface area contributed by atoms with Crippen LogP contribution in [0.3, 0.4) is 0 Å². The Hall–Kier alpha value is -4.63. The summed E-state index contributed by atoms with van der Waals surface area (Å²) in [5.41, 5.74) is 3.01. The van der Waals surface area contributed by atoms with Crippen LogP contribution in [0.5, 0.6) is 0 Å². The average molecular weight is 559 g/mol. The molecule has 1 aromatic heterocycles. The lowest BCUT2D eigenvalue weighted by Crippen LogP contribution is -2.16. The zero-order chi connectivity index (χ0) is 28.4. The van der Waals surface area contributed by atoms with Gasteiger partial charge in [0.05, 0.1) is 29.2 Å². The van der Waals surface area contributed by atoms with Gasteiger partial charge in [0.2, 0.25) is 0 Å². The van der Waals surface area contributed by atoms with Gasteiger partial charge in [-0.15, -0.1) is 0 Å². The van der Waals surface area contributed by atoms with Gasteiger partial charge in [-0.3, -0.25) is 4.72 Å². The predicted octanol–water partition coefficient (Wildman–Crippen LogP) is 6.69. The molecule has 0 aliphatic rings. The van der Waals surface area contributed by atoms with E-state index in [1.54, 1.807) is 79.8 Å². The van der Waals surface area contributed by atoms with E-state index in [2.05, 4.69) is 10.0 Å². The molecule has 5 rings (SSSR count). The van der Waals surface area contributed by atoms with Crippen molar-refractivity contribution in [3.63, 3.8) is 0 Å². The van der Waals surface area contributed by atoms with Gasteiger partial charge in [-0.05, 0) is 55.0 Å². The van der Waals surface area contributed by atoms with Crippen LogP contribution in [-0.4, -0.2) is 28.5 Å². The molecule has 0 amide bonds. The van der Waals surface area contributed by atoms with E-state index >= 15 is 4.39 Å². The molecule has 5 aromatic rings. The smallest absolute Gasteiger partial charge is 0.339 e.